The van der Waals surface area contributed by atoms with Crippen molar-refractivity contribution in [2.24, 2.45) is 40.9 Å². The molecule has 18 heavy (non-hydrogen) atoms. The lowest BCUT2D eigenvalue weighted by molar-refractivity contribution is -0.171. The van der Waals surface area contributed by atoms with E-state index >= 15 is 0 Å². The Bertz CT molecular complexity index is 439. The molecule has 5 rings (SSSR count). The third-order valence-electron chi connectivity index (χ3n) is 6.65. The van der Waals surface area contributed by atoms with Gasteiger partial charge in [0.1, 0.15) is 0 Å². The molecule has 1 aliphatic heterocycles. The summed E-state index contributed by atoms with van der Waals surface area (Å²) in [6, 6.07) is 0. The van der Waals surface area contributed by atoms with Crippen LogP contribution in [0.15, 0.2) is 0 Å². The molecule has 3 heteroatoms. The van der Waals surface area contributed by atoms with Gasteiger partial charge in [-0.3, -0.25) is 9.59 Å². The zero-order valence-corrected chi connectivity index (χ0v) is 11.0. The van der Waals surface area contributed by atoms with E-state index in [0.717, 1.165) is 31.1 Å². The van der Waals surface area contributed by atoms with E-state index in [1.165, 1.54) is 6.42 Å². The van der Waals surface area contributed by atoms with Crippen LogP contribution in [0.2, 0.25) is 0 Å². The predicted molar refractivity (Wildman–Crippen MR) is 64.3 cm³/mol. The molecule has 1 heterocycles. The number of esters is 2. The first-order chi connectivity index (χ1) is 8.50. The average Bonchev–Trinajstić information content (AvgIpc) is 2.64. The molecule has 2 bridgehead atoms. The zero-order valence-electron chi connectivity index (χ0n) is 11.0. The van der Waals surface area contributed by atoms with Gasteiger partial charge in [0, 0.05) is 0 Å². The number of carbonyl (C=O) groups is 2. The summed E-state index contributed by atoms with van der Waals surface area (Å²) in [7, 11) is 0. The molecular formula is C15H20O3. The van der Waals surface area contributed by atoms with E-state index in [-0.39, 0.29) is 23.8 Å². The van der Waals surface area contributed by atoms with Crippen molar-refractivity contribution in [1.29, 1.82) is 0 Å². The fourth-order valence-corrected chi connectivity index (χ4v) is 5.51. The van der Waals surface area contributed by atoms with Crippen molar-refractivity contribution in [3.05, 3.63) is 0 Å². The highest BCUT2D eigenvalue weighted by atomic mass is 16.6. The van der Waals surface area contributed by atoms with Crippen LogP contribution in [-0.4, -0.2) is 11.9 Å². The highest BCUT2D eigenvalue weighted by Gasteiger charge is 2.63. The predicted octanol–water partition coefficient (Wildman–Crippen LogP) is 2.39. The summed E-state index contributed by atoms with van der Waals surface area (Å²) >= 11 is 0. The summed E-state index contributed by atoms with van der Waals surface area (Å²) in [5.41, 5.74) is 0.459. The second-order valence-electron chi connectivity index (χ2n) is 7.37. The Kier molecular flexibility index (Phi) is 1.94. The quantitative estimate of drug-likeness (QED) is 0.488. The maximum atomic E-state index is 11.9. The van der Waals surface area contributed by atoms with Crippen LogP contribution in [0.3, 0.4) is 0 Å². The molecule has 0 spiro atoms. The van der Waals surface area contributed by atoms with Gasteiger partial charge in [0.2, 0.25) is 0 Å². The molecule has 4 aliphatic carbocycles. The standard InChI is InChI=1S/C15H20O3/c1-15(2)7-5-10-8(11(15)6-7)3-4-9-12(10)14(17)18-13(9)16/h7-12H,3-6H2,1-2H3/t7-,8+,9-,10+,11+,12+/m1/s1. The van der Waals surface area contributed by atoms with Crippen LogP contribution in [0.25, 0.3) is 0 Å². The molecule has 0 N–H and O–H groups in total. The number of cyclic esters (lactones) is 2. The number of fused-ring (bicyclic) bond motifs is 1. The molecule has 0 aromatic rings. The minimum Gasteiger partial charge on any atom is -0.393 e. The Labute approximate surface area is 107 Å². The lowest BCUT2D eigenvalue weighted by Gasteiger charge is -2.64. The number of hydrogen-bond acceptors (Lipinski definition) is 3. The van der Waals surface area contributed by atoms with Crippen LogP contribution in [0.4, 0.5) is 0 Å². The molecule has 0 amide bonds. The Morgan fingerprint density at radius 2 is 1.83 bits per heavy atom. The molecule has 0 aromatic carbocycles. The highest BCUT2D eigenvalue weighted by Crippen LogP contribution is 2.67. The lowest BCUT2D eigenvalue weighted by Crippen LogP contribution is -2.59. The number of carbonyl (C=O) groups excluding carboxylic acids is 2. The third-order valence-corrected chi connectivity index (χ3v) is 6.65. The molecule has 1 saturated heterocycles. The van der Waals surface area contributed by atoms with Gasteiger partial charge < -0.3 is 4.74 Å². The van der Waals surface area contributed by atoms with Crippen LogP contribution >= 0.6 is 0 Å². The highest BCUT2D eigenvalue weighted by molar-refractivity contribution is 5.96. The molecule has 4 saturated carbocycles. The van der Waals surface area contributed by atoms with Crippen molar-refractivity contribution < 1.29 is 14.3 Å². The molecule has 3 nitrogen and oxygen atoms in total. The molecule has 5 fully saturated rings. The SMILES string of the molecule is CC1(C)[C@@H]2C[C@H]3[C@H](CC[C@H]4C(=O)OC(=O)[C@H]34)[C@@H]1C2. The third kappa shape index (κ3) is 1.11. The summed E-state index contributed by atoms with van der Waals surface area (Å²) in [6.45, 7) is 4.76. The molecular weight excluding hydrogens is 228 g/mol. The van der Waals surface area contributed by atoms with Crippen LogP contribution < -0.4 is 0 Å². The van der Waals surface area contributed by atoms with E-state index in [1.807, 2.05) is 0 Å². The van der Waals surface area contributed by atoms with Gasteiger partial charge in [0.25, 0.3) is 0 Å². The van der Waals surface area contributed by atoms with E-state index in [1.54, 1.807) is 0 Å². The van der Waals surface area contributed by atoms with Crippen molar-refractivity contribution in [3.8, 4) is 0 Å². The molecule has 6 atom stereocenters. The van der Waals surface area contributed by atoms with Gasteiger partial charge in [-0.2, -0.15) is 0 Å². The Morgan fingerprint density at radius 1 is 1.06 bits per heavy atom. The number of rotatable bonds is 0. The van der Waals surface area contributed by atoms with E-state index < -0.39 is 0 Å². The monoisotopic (exact) mass is 248 g/mol. The van der Waals surface area contributed by atoms with Crippen molar-refractivity contribution in [2.75, 3.05) is 0 Å². The lowest BCUT2D eigenvalue weighted by atomic mass is 9.40. The first-order valence-electron chi connectivity index (χ1n) is 7.25. The molecule has 98 valence electrons. The molecule has 0 aromatic heterocycles. The summed E-state index contributed by atoms with van der Waals surface area (Å²) < 4.78 is 4.88. The normalized spacial score (nSPS) is 52.1. The fourth-order valence-electron chi connectivity index (χ4n) is 5.51. The summed E-state index contributed by atoms with van der Waals surface area (Å²) in [5, 5.41) is 0. The van der Waals surface area contributed by atoms with Gasteiger partial charge in [-0.1, -0.05) is 13.8 Å². The maximum Gasteiger partial charge on any atom is 0.317 e. The first kappa shape index (κ1) is 11.0. The van der Waals surface area contributed by atoms with Crippen molar-refractivity contribution in [2.45, 2.75) is 39.5 Å². The van der Waals surface area contributed by atoms with Gasteiger partial charge >= 0.3 is 11.9 Å². The summed E-state index contributed by atoms with van der Waals surface area (Å²) in [5.74, 6) is 1.93. The summed E-state index contributed by atoms with van der Waals surface area (Å²) in [4.78, 5) is 23.6. The van der Waals surface area contributed by atoms with Crippen LogP contribution in [0.1, 0.15) is 39.5 Å². The van der Waals surface area contributed by atoms with E-state index in [9.17, 15) is 9.59 Å². The van der Waals surface area contributed by atoms with Gasteiger partial charge in [0.05, 0.1) is 11.8 Å². The van der Waals surface area contributed by atoms with Gasteiger partial charge in [-0.25, -0.2) is 0 Å². The van der Waals surface area contributed by atoms with Crippen LogP contribution in [-0.2, 0) is 14.3 Å². The van der Waals surface area contributed by atoms with Gasteiger partial charge in [-0.05, 0) is 54.8 Å². The van der Waals surface area contributed by atoms with E-state index in [4.69, 9.17) is 4.74 Å². The van der Waals surface area contributed by atoms with Crippen LogP contribution in [0, 0.1) is 40.9 Å². The Hall–Kier alpha value is -0.860. The minimum absolute atomic E-state index is 0.0994. The Balaban J connectivity index is 1.67. The smallest absolute Gasteiger partial charge is 0.317 e. The van der Waals surface area contributed by atoms with Gasteiger partial charge in [-0.15, -0.1) is 0 Å². The van der Waals surface area contributed by atoms with Crippen LogP contribution in [0.5, 0.6) is 0 Å². The average molecular weight is 248 g/mol. The fraction of sp³-hybridized carbons (Fsp3) is 0.867. The first-order valence-corrected chi connectivity index (χ1v) is 7.25. The molecule has 0 radical (unpaired) electrons. The molecule has 5 aliphatic rings. The zero-order chi connectivity index (χ0) is 12.7. The van der Waals surface area contributed by atoms with Crippen molar-refractivity contribution in [3.63, 3.8) is 0 Å². The number of hydrogen-bond donors (Lipinski definition) is 0. The van der Waals surface area contributed by atoms with E-state index in [0.29, 0.717) is 17.3 Å². The molecule has 0 unspecified atom stereocenters. The summed E-state index contributed by atoms with van der Waals surface area (Å²) in [6.07, 6.45) is 4.47. The van der Waals surface area contributed by atoms with Crippen molar-refractivity contribution >= 4 is 11.9 Å². The largest absolute Gasteiger partial charge is 0.393 e. The Morgan fingerprint density at radius 3 is 2.56 bits per heavy atom. The minimum atomic E-state index is -0.248. The maximum absolute atomic E-state index is 11.9. The second kappa shape index (κ2) is 3.17. The second-order valence-corrected chi connectivity index (χ2v) is 7.37. The topological polar surface area (TPSA) is 43.4 Å². The van der Waals surface area contributed by atoms with E-state index in [2.05, 4.69) is 13.8 Å². The number of ether oxygens (including phenoxy) is 1. The van der Waals surface area contributed by atoms with Gasteiger partial charge in [0.15, 0.2) is 0 Å². The van der Waals surface area contributed by atoms with Crippen molar-refractivity contribution in [1.82, 2.24) is 0 Å².